The minimum absolute atomic E-state index is 0.325. The van der Waals surface area contributed by atoms with E-state index in [0.717, 1.165) is 34.7 Å². The number of hydrogen-bond donors (Lipinski definition) is 1. The molecule has 1 aromatic heterocycles. The van der Waals surface area contributed by atoms with Gasteiger partial charge in [0.15, 0.2) is 0 Å². The molecule has 0 amide bonds. The molecule has 0 radical (unpaired) electrons. The number of alkyl halides is 1. The Hall–Kier alpha value is -2.20. The van der Waals surface area contributed by atoms with Gasteiger partial charge in [-0.3, -0.25) is 0 Å². The Kier molecular flexibility index (Phi) is 5.73. The fourth-order valence-electron chi connectivity index (χ4n) is 2.92. The van der Waals surface area contributed by atoms with E-state index in [0.29, 0.717) is 11.6 Å². The van der Waals surface area contributed by atoms with E-state index in [-0.39, 0.29) is 0 Å². The van der Waals surface area contributed by atoms with Gasteiger partial charge in [0, 0.05) is 0 Å². The summed E-state index contributed by atoms with van der Waals surface area (Å²) in [6.07, 6.45) is 9.89. The Morgan fingerprint density at radius 1 is 1.28 bits per heavy atom. The molecule has 5 nitrogen and oxygen atoms in total. The number of allylic oxidation sites excluding steroid dienone is 5. The Bertz CT molecular complexity index is 1060. The van der Waals surface area contributed by atoms with Crippen LogP contribution in [0.2, 0.25) is 19.6 Å². The van der Waals surface area contributed by atoms with Crippen LogP contribution in [0.4, 0.5) is 5.69 Å². The molecule has 1 N–H and O–H groups in total. The number of aromatic nitrogens is 1. The molecule has 7 heteroatoms. The summed E-state index contributed by atoms with van der Waals surface area (Å²) in [6.45, 7) is 8.18. The molecule has 4 rings (SSSR count). The first-order valence-electron chi connectivity index (χ1n) is 9.50. The first kappa shape index (κ1) is 20.1. The molecule has 1 fully saturated rings. The molecule has 0 bridgehead atoms. The fourth-order valence-corrected chi connectivity index (χ4v) is 8.35. The Morgan fingerprint density at radius 2 is 2.10 bits per heavy atom. The number of fused-ring (bicyclic) bond motifs is 1. The van der Waals surface area contributed by atoms with Crippen molar-refractivity contribution in [1.29, 1.82) is 5.26 Å². The number of nitrogens with one attached hydrogen (secondary N) is 1. The van der Waals surface area contributed by atoms with E-state index in [1.54, 1.807) is 6.21 Å². The van der Waals surface area contributed by atoms with Gasteiger partial charge in [0.1, 0.15) is 0 Å². The van der Waals surface area contributed by atoms with Crippen LogP contribution in [0.1, 0.15) is 11.3 Å². The van der Waals surface area contributed by atoms with E-state index < -0.39 is 27.9 Å². The molecular weight excluding hydrogens is 491 g/mol. The molecule has 0 aromatic carbocycles. The van der Waals surface area contributed by atoms with Crippen LogP contribution in [0.5, 0.6) is 0 Å². The van der Waals surface area contributed by atoms with Gasteiger partial charge in [-0.2, -0.15) is 0 Å². The number of ether oxygens (including phenoxy) is 1. The molecule has 0 atom stereocenters. The molecule has 1 saturated heterocycles. The Morgan fingerprint density at radius 3 is 2.79 bits per heavy atom. The molecule has 148 valence electrons. The van der Waals surface area contributed by atoms with Crippen molar-refractivity contribution in [3.05, 3.63) is 50.9 Å². The summed E-state index contributed by atoms with van der Waals surface area (Å²) in [4.78, 5) is 9.28. The third kappa shape index (κ3) is 4.69. The number of pyridine rings is 1. The van der Waals surface area contributed by atoms with Gasteiger partial charge in [-0.25, -0.2) is 0 Å². The van der Waals surface area contributed by atoms with E-state index in [2.05, 4.69) is 65.7 Å². The molecule has 0 aliphatic carbocycles. The SMILES string of the molecule is C[Si](C)(C)C#Cc1cnc(C2=CC=C3C=C(C#N)C=NCI32)cc1NC1COC1. The first-order chi connectivity index (χ1) is 13.9. The van der Waals surface area contributed by atoms with Crippen LogP contribution in [-0.2, 0) is 4.74 Å². The number of nitriles is 1. The summed E-state index contributed by atoms with van der Waals surface area (Å²) in [5.41, 5.74) is 7.05. The molecule has 29 heavy (non-hydrogen) atoms. The van der Waals surface area contributed by atoms with Gasteiger partial charge >= 0.3 is 181 Å². The van der Waals surface area contributed by atoms with E-state index in [9.17, 15) is 5.26 Å². The summed E-state index contributed by atoms with van der Waals surface area (Å²) >= 11 is -1.69. The zero-order valence-electron chi connectivity index (χ0n) is 16.8. The number of halogens is 1. The first-order valence-corrected chi connectivity index (χ1v) is 16.7. The molecule has 3 aliphatic rings. The van der Waals surface area contributed by atoms with E-state index in [1.165, 1.54) is 7.16 Å². The molecular formula is C22H23IN4OSi. The van der Waals surface area contributed by atoms with Gasteiger partial charge in [0.2, 0.25) is 0 Å². The third-order valence-corrected chi connectivity index (χ3v) is 10.9. The Labute approximate surface area is 180 Å². The normalized spacial score (nSPS) is 19.5. The van der Waals surface area contributed by atoms with E-state index in [1.807, 2.05) is 12.3 Å². The van der Waals surface area contributed by atoms with Crippen LogP contribution in [0, 0.1) is 22.8 Å². The maximum atomic E-state index is 9.23. The van der Waals surface area contributed by atoms with Gasteiger partial charge in [0.05, 0.1) is 0 Å². The second-order valence-corrected chi connectivity index (χ2v) is 18.0. The van der Waals surface area contributed by atoms with Crippen LogP contribution in [0.25, 0.3) is 3.58 Å². The average molecular weight is 514 g/mol. The zero-order chi connectivity index (χ0) is 20.4. The quantitative estimate of drug-likeness (QED) is 0.214. The monoisotopic (exact) mass is 514 g/mol. The number of anilines is 1. The van der Waals surface area contributed by atoms with Crippen LogP contribution >= 0.6 is 19.8 Å². The van der Waals surface area contributed by atoms with Crippen molar-refractivity contribution in [1.82, 2.24) is 4.98 Å². The molecule has 0 saturated carbocycles. The zero-order valence-corrected chi connectivity index (χ0v) is 19.9. The molecule has 0 spiro atoms. The molecule has 4 heterocycles. The minimum atomic E-state index is -1.69. The second kappa shape index (κ2) is 8.27. The van der Waals surface area contributed by atoms with Gasteiger partial charge in [-0.15, -0.1) is 0 Å². The second-order valence-electron chi connectivity index (χ2n) is 8.06. The topological polar surface area (TPSA) is 70.3 Å². The average Bonchev–Trinajstić information content (AvgIpc) is 2.92. The summed E-state index contributed by atoms with van der Waals surface area (Å²) in [5.74, 6) is 3.36. The summed E-state index contributed by atoms with van der Waals surface area (Å²) in [7, 11) is -1.48. The number of nitrogens with zero attached hydrogens (tertiary/aromatic N) is 3. The molecule has 3 aliphatic heterocycles. The van der Waals surface area contributed by atoms with Gasteiger partial charge in [-0.1, -0.05) is 0 Å². The van der Waals surface area contributed by atoms with Crippen molar-refractivity contribution in [2.75, 3.05) is 23.1 Å². The van der Waals surface area contributed by atoms with E-state index in [4.69, 9.17) is 9.72 Å². The number of aliphatic imine (C=N–C) groups is 1. The van der Waals surface area contributed by atoms with Crippen molar-refractivity contribution < 1.29 is 4.74 Å². The van der Waals surface area contributed by atoms with Crippen LogP contribution in [0.15, 0.2) is 44.6 Å². The van der Waals surface area contributed by atoms with Crippen LogP contribution < -0.4 is 5.32 Å². The van der Waals surface area contributed by atoms with Crippen molar-refractivity contribution in [3.63, 3.8) is 0 Å². The summed E-state index contributed by atoms with van der Waals surface area (Å²) in [5, 5.41) is 12.8. The maximum absolute atomic E-state index is 9.23. The standard InChI is InChI=1S/C22H23IN4OSi/c1-29(2,3)7-6-17-12-26-22(9-21(17)27-19-13-28-14-19)20-5-4-18-8-16(10-24)11-25-15-23(18)20/h4-5,8-9,11-12,19H,13-15H2,1-3H3,(H,26,27). The summed E-state index contributed by atoms with van der Waals surface area (Å²) in [6, 6.07) is 4.67. The fraction of sp³-hybridized carbons (Fsp3) is 0.318. The van der Waals surface area contributed by atoms with Crippen LogP contribution in [0.3, 0.4) is 0 Å². The summed E-state index contributed by atoms with van der Waals surface area (Å²) < 4.78 is 8.66. The molecule has 1 aromatic rings. The van der Waals surface area contributed by atoms with Crippen molar-refractivity contribution in [3.8, 4) is 17.5 Å². The molecule has 0 unspecified atom stereocenters. The van der Waals surface area contributed by atoms with Crippen LogP contribution in [-0.4, -0.2) is 43.1 Å². The predicted octanol–water partition coefficient (Wildman–Crippen LogP) is 4.36. The van der Waals surface area contributed by atoms with Gasteiger partial charge < -0.3 is 0 Å². The predicted molar refractivity (Wildman–Crippen MR) is 130 cm³/mol. The van der Waals surface area contributed by atoms with E-state index >= 15 is 0 Å². The number of hydrogen-bond acceptors (Lipinski definition) is 5. The van der Waals surface area contributed by atoms with Crippen molar-refractivity contribution >= 4 is 43.4 Å². The number of rotatable bonds is 3. The van der Waals surface area contributed by atoms with Gasteiger partial charge in [-0.05, 0) is 0 Å². The third-order valence-electron chi connectivity index (χ3n) is 4.46. The Balaban J connectivity index is 1.66. The van der Waals surface area contributed by atoms with Gasteiger partial charge in [0.25, 0.3) is 0 Å². The van der Waals surface area contributed by atoms with Crippen molar-refractivity contribution in [2.45, 2.75) is 25.7 Å². The van der Waals surface area contributed by atoms with Crippen molar-refractivity contribution in [2.24, 2.45) is 4.99 Å².